The summed E-state index contributed by atoms with van der Waals surface area (Å²) in [5.41, 5.74) is 6.61. The minimum absolute atomic E-state index is 0.00752. The van der Waals surface area contributed by atoms with E-state index >= 15 is 0 Å². The highest BCUT2D eigenvalue weighted by Gasteiger charge is 2.26. The predicted molar refractivity (Wildman–Crippen MR) is 74.2 cm³/mol. The lowest BCUT2D eigenvalue weighted by Crippen LogP contribution is -2.51. The van der Waals surface area contributed by atoms with Crippen LogP contribution >= 0.6 is 0 Å². The van der Waals surface area contributed by atoms with Crippen molar-refractivity contribution in [3.05, 3.63) is 35.9 Å². The number of carbonyl (C=O) groups is 2. The number of likely N-dealkylation sites (N-methyl/N-ethyl adjacent to an activating group) is 1. The smallest absolute Gasteiger partial charge is 0.242 e. The van der Waals surface area contributed by atoms with Crippen molar-refractivity contribution in [2.75, 3.05) is 7.05 Å². The van der Waals surface area contributed by atoms with E-state index in [1.807, 2.05) is 32.0 Å². The summed E-state index contributed by atoms with van der Waals surface area (Å²) in [7, 11) is 1.54. The molecule has 0 spiro atoms. The second-order valence-electron chi connectivity index (χ2n) is 4.73. The largest absolute Gasteiger partial charge is 0.357 e. The molecule has 19 heavy (non-hydrogen) atoms. The van der Waals surface area contributed by atoms with Crippen molar-refractivity contribution >= 4 is 11.8 Å². The topological polar surface area (TPSA) is 84.2 Å². The molecule has 5 heteroatoms. The number of hydrogen-bond acceptors (Lipinski definition) is 3. The van der Waals surface area contributed by atoms with Crippen LogP contribution in [0.5, 0.6) is 0 Å². The zero-order valence-corrected chi connectivity index (χ0v) is 11.5. The van der Waals surface area contributed by atoms with Crippen molar-refractivity contribution in [1.29, 1.82) is 0 Å². The maximum absolute atomic E-state index is 12.1. The first kappa shape index (κ1) is 15.2. The highest BCUT2D eigenvalue weighted by atomic mass is 16.2. The third-order valence-corrected chi connectivity index (χ3v) is 2.93. The Morgan fingerprint density at radius 2 is 1.68 bits per heavy atom. The fraction of sp³-hybridized carbons (Fsp3) is 0.429. The molecule has 0 radical (unpaired) electrons. The van der Waals surface area contributed by atoms with Crippen LogP contribution in [0, 0.1) is 5.92 Å². The van der Waals surface area contributed by atoms with E-state index in [0.717, 1.165) is 5.56 Å². The monoisotopic (exact) mass is 263 g/mol. The Labute approximate surface area is 113 Å². The Morgan fingerprint density at radius 3 is 2.16 bits per heavy atom. The minimum Gasteiger partial charge on any atom is -0.357 e. The first-order valence-corrected chi connectivity index (χ1v) is 6.29. The van der Waals surface area contributed by atoms with Crippen LogP contribution in [0.3, 0.4) is 0 Å². The van der Waals surface area contributed by atoms with Gasteiger partial charge in [0.2, 0.25) is 11.8 Å². The normalized spacial score (nSPS) is 13.7. The van der Waals surface area contributed by atoms with E-state index in [1.165, 1.54) is 0 Å². The summed E-state index contributed by atoms with van der Waals surface area (Å²) in [5.74, 6) is -0.580. The lowest BCUT2D eigenvalue weighted by Gasteiger charge is -2.22. The molecule has 1 aromatic carbocycles. The molecule has 5 nitrogen and oxygen atoms in total. The van der Waals surface area contributed by atoms with E-state index < -0.39 is 12.1 Å². The van der Waals surface area contributed by atoms with Gasteiger partial charge in [0.25, 0.3) is 0 Å². The van der Waals surface area contributed by atoms with Gasteiger partial charge in [-0.2, -0.15) is 0 Å². The average molecular weight is 263 g/mol. The Bertz CT molecular complexity index is 432. The van der Waals surface area contributed by atoms with E-state index in [4.69, 9.17) is 5.73 Å². The molecule has 104 valence electrons. The van der Waals surface area contributed by atoms with Gasteiger partial charge in [-0.1, -0.05) is 44.2 Å². The van der Waals surface area contributed by atoms with Crippen molar-refractivity contribution in [3.63, 3.8) is 0 Å². The summed E-state index contributed by atoms with van der Waals surface area (Å²) < 4.78 is 0. The second-order valence-corrected chi connectivity index (χ2v) is 4.73. The van der Waals surface area contributed by atoms with Gasteiger partial charge in [-0.15, -0.1) is 0 Å². The number of benzene rings is 1. The van der Waals surface area contributed by atoms with Gasteiger partial charge in [-0.3, -0.25) is 9.59 Å². The molecule has 0 aromatic heterocycles. The standard InChI is InChI=1S/C14H21N3O2/c1-9(2)12(14(19)16-3)17-13(18)11(15)10-7-5-4-6-8-10/h4-9,11-12H,15H2,1-3H3,(H,16,19)(H,17,18). The first-order valence-electron chi connectivity index (χ1n) is 6.29. The third-order valence-electron chi connectivity index (χ3n) is 2.93. The molecule has 4 N–H and O–H groups in total. The highest BCUT2D eigenvalue weighted by Crippen LogP contribution is 2.11. The van der Waals surface area contributed by atoms with E-state index in [-0.39, 0.29) is 17.7 Å². The van der Waals surface area contributed by atoms with Crippen molar-refractivity contribution in [3.8, 4) is 0 Å². The van der Waals surface area contributed by atoms with E-state index in [9.17, 15) is 9.59 Å². The number of rotatable bonds is 5. The molecular weight excluding hydrogens is 242 g/mol. The molecule has 0 fully saturated rings. The van der Waals surface area contributed by atoms with Crippen LogP contribution in [0.15, 0.2) is 30.3 Å². The molecule has 0 bridgehead atoms. The van der Waals surface area contributed by atoms with Gasteiger partial charge in [0.1, 0.15) is 12.1 Å². The zero-order valence-electron chi connectivity index (χ0n) is 11.5. The average Bonchev–Trinajstić information content (AvgIpc) is 2.43. The van der Waals surface area contributed by atoms with Crippen LogP contribution in [0.2, 0.25) is 0 Å². The summed E-state index contributed by atoms with van der Waals surface area (Å²) in [4.78, 5) is 23.7. The van der Waals surface area contributed by atoms with Gasteiger partial charge in [0, 0.05) is 7.05 Å². The van der Waals surface area contributed by atoms with Gasteiger partial charge in [-0.25, -0.2) is 0 Å². The maximum atomic E-state index is 12.1. The highest BCUT2D eigenvalue weighted by molar-refractivity contribution is 5.90. The fourth-order valence-electron chi connectivity index (χ4n) is 1.75. The molecule has 0 aliphatic rings. The van der Waals surface area contributed by atoms with Gasteiger partial charge in [0.15, 0.2) is 0 Å². The van der Waals surface area contributed by atoms with E-state index in [0.29, 0.717) is 0 Å². The SMILES string of the molecule is CNC(=O)C(NC(=O)C(N)c1ccccc1)C(C)C. The van der Waals surface area contributed by atoms with Gasteiger partial charge in [-0.05, 0) is 11.5 Å². The van der Waals surface area contributed by atoms with E-state index in [1.54, 1.807) is 19.2 Å². The molecule has 1 aromatic rings. The molecule has 0 saturated heterocycles. The van der Waals surface area contributed by atoms with Crippen molar-refractivity contribution in [1.82, 2.24) is 10.6 Å². The fourth-order valence-corrected chi connectivity index (χ4v) is 1.75. The molecule has 0 saturated carbocycles. The number of hydrogen-bond donors (Lipinski definition) is 3. The lowest BCUT2D eigenvalue weighted by atomic mass is 10.0. The molecule has 0 aliphatic carbocycles. The summed E-state index contributed by atoms with van der Waals surface area (Å²) in [6.07, 6.45) is 0. The van der Waals surface area contributed by atoms with Gasteiger partial charge in [0.05, 0.1) is 0 Å². The van der Waals surface area contributed by atoms with Gasteiger partial charge >= 0.3 is 0 Å². The predicted octanol–water partition coefficient (Wildman–Crippen LogP) is 0.573. The Balaban J connectivity index is 2.75. The molecule has 2 unspecified atom stereocenters. The molecule has 0 aliphatic heterocycles. The Morgan fingerprint density at radius 1 is 1.11 bits per heavy atom. The molecule has 0 heterocycles. The number of carbonyl (C=O) groups excluding carboxylic acids is 2. The molecule has 1 rings (SSSR count). The summed E-state index contributed by atoms with van der Waals surface area (Å²) in [6.45, 7) is 3.74. The number of amides is 2. The van der Waals surface area contributed by atoms with Crippen LogP contribution in [-0.4, -0.2) is 24.9 Å². The second kappa shape index (κ2) is 6.89. The van der Waals surface area contributed by atoms with Crippen molar-refractivity contribution in [2.24, 2.45) is 11.7 Å². The van der Waals surface area contributed by atoms with Crippen LogP contribution in [0.25, 0.3) is 0 Å². The van der Waals surface area contributed by atoms with Crippen LogP contribution in [0.4, 0.5) is 0 Å². The third kappa shape index (κ3) is 4.06. The van der Waals surface area contributed by atoms with E-state index in [2.05, 4.69) is 10.6 Å². The molecule has 2 atom stereocenters. The minimum atomic E-state index is -0.771. The number of nitrogens with two attached hydrogens (primary N) is 1. The first-order chi connectivity index (χ1) is 8.97. The van der Waals surface area contributed by atoms with Crippen LogP contribution in [0.1, 0.15) is 25.5 Å². The molecular formula is C14H21N3O2. The van der Waals surface area contributed by atoms with Crippen molar-refractivity contribution < 1.29 is 9.59 Å². The summed E-state index contributed by atoms with van der Waals surface area (Å²) >= 11 is 0. The quantitative estimate of drug-likeness (QED) is 0.726. The Hall–Kier alpha value is -1.88. The van der Waals surface area contributed by atoms with Crippen molar-refractivity contribution in [2.45, 2.75) is 25.9 Å². The summed E-state index contributed by atoms with van der Waals surface area (Å²) in [5, 5.41) is 5.23. The van der Waals surface area contributed by atoms with Crippen LogP contribution < -0.4 is 16.4 Å². The zero-order chi connectivity index (χ0) is 14.4. The lowest BCUT2D eigenvalue weighted by molar-refractivity contribution is -0.130. The maximum Gasteiger partial charge on any atom is 0.242 e. The molecule has 2 amide bonds. The van der Waals surface area contributed by atoms with Gasteiger partial charge < -0.3 is 16.4 Å². The van der Waals surface area contributed by atoms with Crippen LogP contribution in [-0.2, 0) is 9.59 Å². The summed E-state index contributed by atoms with van der Waals surface area (Å²) in [6, 6.07) is 7.72. The number of nitrogens with one attached hydrogen (secondary N) is 2. The Kier molecular flexibility index (Phi) is 5.51.